The van der Waals surface area contributed by atoms with E-state index in [-0.39, 0.29) is 23.4 Å². The molecule has 0 radical (unpaired) electrons. The molecule has 1 unspecified atom stereocenters. The molecule has 1 amide bonds. The van der Waals surface area contributed by atoms with Gasteiger partial charge in [0.25, 0.3) is 5.91 Å². The topological polar surface area (TPSA) is 67.9 Å². The van der Waals surface area contributed by atoms with Crippen LogP contribution in [0.4, 0.5) is 4.39 Å². The number of ether oxygens (including phenoxy) is 1. The second-order valence-corrected chi connectivity index (χ2v) is 9.30. The van der Waals surface area contributed by atoms with Gasteiger partial charge < -0.3 is 10.5 Å². The first-order chi connectivity index (χ1) is 14.3. The molecule has 0 saturated heterocycles. The van der Waals surface area contributed by atoms with Crippen molar-refractivity contribution >= 4 is 11.9 Å². The summed E-state index contributed by atoms with van der Waals surface area (Å²) in [7, 11) is 1.69. The van der Waals surface area contributed by atoms with E-state index in [0.29, 0.717) is 18.8 Å². The highest BCUT2D eigenvalue weighted by Gasteiger charge is 2.66. The van der Waals surface area contributed by atoms with E-state index < -0.39 is 11.9 Å². The summed E-state index contributed by atoms with van der Waals surface area (Å²) in [6.07, 6.45) is 4.65. The Labute approximate surface area is 176 Å². The van der Waals surface area contributed by atoms with Crippen molar-refractivity contribution in [2.45, 2.75) is 69.9 Å². The van der Waals surface area contributed by atoms with E-state index in [0.717, 1.165) is 36.0 Å². The third kappa shape index (κ3) is 2.86. The Morgan fingerprint density at radius 2 is 2.03 bits per heavy atom. The highest BCUT2D eigenvalue weighted by molar-refractivity contribution is 6.08. The fraction of sp³-hybridized carbons (Fsp3) is 0.583. The minimum Gasteiger partial charge on any atom is -0.369 e. The van der Waals surface area contributed by atoms with Crippen LogP contribution in [0, 0.1) is 23.2 Å². The summed E-state index contributed by atoms with van der Waals surface area (Å²) in [5.41, 5.74) is 7.81. The van der Waals surface area contributed by atoms with Crippen molar-refractivity contribution in [1.29, 1.82) is 0 Å². The van der Waals surface area contributed by atoms with E-state index in [1.54, 1.807) is 7.05 Å². The molecule has 4 aliphatic rings. The summed E-state index contributed by atoms with van der Waals surface area (Å²) < 4.78 is 18.8. The molecule has 2 spiro atoms. The van der Waals surface area contributed by atoms with E-state index in [1.165, 1.54) is 24.7 Å². The minimum atomic E-state index is -1.28. The number of benzene rings is 1. The number of hydrogen-bond donors (Lipinski definition) is 1. The van der Waals surface area contributed by atoms with E-state index in [4.69, 9.17) is 15.5 Å². The Hall–Kier alpha value is -2.39. The normalized spacial score (nSPS) is 33.4. The molecule has 5 rings (SSSR count). The van der Waals surface area contributed by atoms with Gasteiger partial charge >= 0.3 is 0 Å². The highest BCUT2D eigenvalue weighted by atomic mass is 19.1. The quantitative estimate of drug-likeness (QED) is 0.763. The fourth-order valence-electron chi connectivity index (χ4n) is 5.58. The zero-order chi connectivity index (χ0) is 21.1. The Bertz CT molecular complexity index is 980. The number of carbonyl (C=O) groups is 1. The van der Waals surface area contributed by atoms with Gasteiger partial charge in [0.1, 0.15) is 0 Å². The van der Waals surface area contributed by atoms with Crippen LogP contribution in [0.1, 0.15) is 62.1 Å². The summed E-state index contributed by atoms with van der Waals surface area (Å²) in [6, 6.07) is 6.21. The molecule has 2 atom stereocenters. The number of likely N-dealkylation sites (N-methyl/N-ethyl adjacent to an activating group) is 1. The molecule has 5 nitrogen and oxygen atoms in total. The minimum absolute atomic E-state index is 0.0655. The maximum atomic E-state index is 13.6. The number of guanidine groups is 1. The van der Waals surface area contributed by atoms with Crippen molar-refractivity contribution in [3.63, 3.8) is 0 Å². The zero-order valence-electron chi connectivity index (χ0n) is 17.6. The average Bonchev–Trinajstić information content (AvgIpc) is 3.47. The number of hydrogen-bond acceptors (Lipinski definition) is 4. The Kier molecular flexibility index (Phi) is 4.44. The number of nitrogens with zero attached hydrogens (tertiary/aromatic N) is 2. The molecule has 2 saturated carbocycles. The van der Waals surface area contributed by atoms with Gasteiger partial charge in [0, 0.05) is 23.9 Å². The maximum absolute atomic E-state index is 13.6. The predicted octanol–water partition coefficient (Wildman–Crippen LogP) is 3.25. The van der Waals surface area contributed by atoms with Crippen LogP contribution in [0.3, 0.4) is 0 Å². The SMILES string of the molecule is CC(F)OC1CCC2(CC1)Cc1ccc(C#CC3CC3)cc1[C@]21N=C(N)N(C)C1=O. The molecule has 2 fully saturated rings. The fourth-order valence-corrected chi connectivity index (χ4v) is 5.58. The van der Waals surface area contributed by atoms with Crippen LogP contribution in [0.2, 0.25) is 0 Å². The number of halogens is 1. The van der Waals surface area contributed by atoms with Gasteiger partial charge in [-0.1, -0.05) is 17.9 Å². The van der Waals surface area contributed by atoms with Crippen LogP contribution in [0.25, 0.3) is 0 Å². The van der Waals surface area contributed by atoms with Crippen molar-refractivity contribution in [2.75, 3.05) is 7.05 Å². The maximum Gasteiger partial charge on any atom is 0.262 e. The summed E-state index contributed by atoms with van der Waals surface area (Å²) in [6.45, 7) is 1.42. The number of aliphatic imine (C=N–C) groups is 1. The number of carbonyl (C=O) groups excluding carboxylic acids is 1. The second-order valence-electron chi connectivity index (χ2n) is 9.30. The lowest BCUT2D eigenvalue weighted by Crippen LogP contribution is -2.51. The molecule has 0 aromatic heterocycles. The van der Waals surface area contributed by atoms with Gasteiger partial charge in [-0.3, -0.25) is 9.69 Å². The van der Waals surface area contributed by atoms with Crippen molar-refractivity contribution in [3.05, 3.63) is 34.9 Å². The first kappa shape index (κ1) is 19.6. The molecular formula is C24H28FN3O2. The molecule has 158 valence electrons. The predicted molar refractivity (Wildman–Crippen MR) is 112 cm³/mol. The monoisotopic (exact) mass is 409 g/mol. The molecule has 30 heavy (non-hydrogen) atoms. The van der Waals surface area contributed by atoms with Crippen LogP contribution < -0.4 is 5.73 Å². The van der Waals surface area contributed by atoms with E-state index >= 15 is 0 Å². The lowest BCUT2D eigenvalue weighted by molar-refractivity contribution is -0.140. The summed E-state index contributed by atoms with van der Waals surface area (Å²) in [5.74, 6) is 7.30. The third-order valence-electron chi connectivity index (χ3n) is 7.30. The summed E-state index contributed by atoms with van der Waals surface area (Å²) in [4.78, 5) is 19.9. The van der Waals surface area contributed by atoms with Gasteiger partial charge in [-0.05, 0) is 75.1 Å². The van der Waals surface area contributed by atoms with Crippen molar-refractivity contribution < 1.29 is 13.9 Å². The van der Waals surface area contributed by atoms with Gasteiger partial charge in [-0.2, -0.15) is 0 Å². The largest absolute Gasteiger partial charge is 0.369 e. The lowest BCUT2D eigenvalue weighted by Gasteiger charge is -2.45. The number of fused-ring (bicyclic) bond motifs is 3. The first-order valence-electron chi connectivity index (χ1n) is 10.9. The van der Waals surface area contributed by atoms with Crippen LogP contribution in [-0.2, 0) is 21.5 Å². The third-order valence-corrected chi connectivity index (χ3v) is 7.30. The van der Waals surface area contributed by atoms with Crippen molar-refractivity contribution in [3.8, 4) is 11.8 Å². The van der Waals surface area contributed by atoms with Crippen LogP contribution >= 0.6 is 0 Å². The highest BCUT2D eigenvalue weighted by Crippen LogP contribution is 2.61. The smallest absolute Gasteiger partial charge is 0.262 e. The molecule has 1 aliphatic heterocycles. The van der Waals surface area contributed by atoms with Gasteiger partial charge in [0.15, 0.2) is 17.9 Å². The van der Waals surface area contributed by atoms with Crippen LogP contribution in [0.5, 0.6) is 0 Å². The number of amides is 1. The van der Waals surface area contributed by atoms with Crippen LogP contribution in [-0.4, -0.2) is 36.3 Å². The molecule has 6 heteroatoms. The zero-order valence-corrected chi connectivity index (χ0v) is 17.6. The number of rotatable bonds is 2. The molecule has 2 N–H and O–H groups in total. The molecule has 1 aromatic carbocycles. The van der Waals surface area contributed by atoms with Gasteiger partial charge in [-0.15, -0.1) is 0 Å². The summed E-state index contributed by atoms with van der Waals surface area (Å²) in [5, 5.41) is 0. The molecule has 1 aromatic rings. The Morgan fingerprint density at radius 3 is 2.63 bits per heavy atom. The molecular weight excluding hydrogens is 381 g/mol. The Balaban J connectivity index is 1.56. The van der Waals surface area contributed by atoms with Crippen LogP contribution in [0.15, 0.2) is 23.2 Å². The van der Waals surface area contributed by atoms with Crippen molar-refractivity contribution in [2.24, 2.45) is 22.1 Å². The van der Waals surface area contributed by atoms with Gasteiger partial charge in [0.05, 0.1) is 6.10 Å². The second kappa shape index (κ2) is 6.81. The van der Waals surface area contributed by atoms with E-state index in [1.807, 2.05) is 0 Å². The molecule has 0 bridgehead atoms. The first-order valence-corrected chi connectivity index (χ1v) is 10.9. The lowest BCUT2D eigenvalue weighted by atomic mass is 9.61. The van der Waals surface area contributed by atoms with E-state index in [2.05, 4.69) is 30.0 Å². The van der Waals surface area contributed by atoms with Gasteiger partial charge in [0.2, 0.25) is 0 Å². The van der Waals surface area contributed by atoms with E-state index in [9.17, 15) is 9.18 Å². The molecule has 3 aliphatic carbocycles. The molecule has 1 heterocycles. The number of alkyl halides is 1. The average molecular weight is 410 g/mol. The number of nitrogens with two attached hydrogens (primary N) is 1. The van der Waals surface area contributed by atoms with Gasteiger partial charge in [-0.25, -0.2) is 9.38 Å². The summed E-state index contributed by atoms with van der Waals surface area (Å²) >= 11 is 0. The Morgan fingerprint density at radius 1 is 1.30 bits per heavy atom. The van der Waals surface area contributed by atoms with Crippen molar-refractivity contribution in [1.82, 2.24) is 4.90 Å². The standard InChI is InChI=1S/C24H28FN3O2/c1-15(25)30-19-9-11-23(12-10-19)14-18-8-7-17(6-5-16-3-4-16)13-20(18)24(23)21(29)28(2)22(26)27-24/h7-8,13,15-16,19H,3-4,9-12,14H2,1-2H3,(H2,26,27)/t15?,19?,23?,24-/m1/s1.